The number of rotatable bonds is 4. The van der Waals surface area contributed by atoms with E-state index in [4.69, 9.17) is 0 Å². The van der Waals surface area contributed by atoms with Gasteiger partial charge in [-0.2, -0.15) is 0 Å². The van der Waals surface area contributed by atoms with E-state index in [0.717, 1.165) is 22.4 Å². The zero-order valence-corrected chi connectivity index (χ0v) is 11.9. The number of nitro groups is 1. The third kappa shape index (κ3) is 2.71. The monoisotopic (exact) mass is 295 g/mol. The van der Waals surface area contributed by atoms with Crippen molar-refractivity contribution in [2.24, 2.45) is 0 Å². The Balaban J connectivity index is 1.81. The number of nitrogens with zero attached hydrogens (tertiary/aromatic N) is 2. The van der Waals surface area contributed by atoms with E-state index in [-0.39, 0.29) is 17.9 Å². The number of carbonyl (C=O) groups excluding carboxylic acids is 1. The number of hydrogen-bond donors (Lipinski definition) is 1. The molecule has 0 fully saturated rings. The number of aromatic nitrogens is 2. The van der Waals surface area contributed by atoms with E-state index in [1.54, 1.807) is 0 Å². The van der Waals surface area contributed by atoms with E-state index in [0.29, 0.717) is 5.56 Å². The number of non-ortho nitro benzene ring substituents is 1. The third-order valence-electron chi connectivity index (χ3n) is 3.43. The summed E-state index contributed by atoms with van der Waals surface area (Å²) in [6.07, 6.45) is 0.242. The van der Waals surface area contributed by atoms with Crippen molar-refractivity contribution in [3.63, 3.8) is 0 Å². The molecular formula is C16H13N3O3. The molecule has 6 heteroatoms. The zero-order chi connectivity index (χ0) is 15.7. The lowest BCUT2D eigenvalue weighted by Gasteiger charge is -2.02. The summed E-state index contributed by atoms with van der Waals surface area (Å²) in [6, 6.07) is 11.3. The van der Waals surface area contributed by atoms with E-state index in [1.165, 1.54) is 24.3 Å². The Morgan fingerprint density at radius 3 is 2.64 bits per heavy atom. The van der Waals surface area contributed by atoms with Crippen LogP contribution in [-0.4, -0.2) is 20.7 Å². The lowest BCUT2D eigenvalue weighted by molar-refractivity contribution is -0.384. The number of imidazole rings is 1. The number of nitro benzene ring substituents is 1. The van der Waals surface area contributed by atoms with Gasteiger partial charge in [-0.3, -0.25) is 14.9 Å². The highest BCUT2D eigenvalue weighted by atomic mass is 16.6. The Labute approximate surface area is 126 Å². The fourth-order valence-corrected chi connectivity index (χ4v) is 2.35. The minimum atomic E-state index is -0.483. The molecule has 0 aliphatic carbocycles. The first-order valence-electron chi connectivity index (χ1n) is 6.76. The smallest absolute Gasteiger partial charge is 0.269 e. The molecule has 0 spiro atoms. The fourth-order valence-electron chi connectivity index (χ4n) is 2.35. The highest BCUT2D eigenvalue weighted by molar-refractivity contribution is 5.98. The van der Waals surface area contributed by atoms with Crippen LogP contribution in [0.3, 0.4) is 0 Å². The molecule has 0 amide bonds. The van der Waals surface area contributed by atoms with E-state index in [1.807, 2.05) is 25.1 Å². The first kappa shape index (κ1) is 13.9. The van der Waals surface area contributed by atoms with E-state index in [2.05, 4.69) is 9.97 Å². The minimum absolute atomic E-state index is 0.0223. The standard InChI is InChI=1S/C16H13N3O3/c1-10-17-14-7-2-11(8-15(14)18-10)9-16(20)12-3-5-13(6-4-12)19(21)22/h2-8H,9H2,1H3,(H,17,18). The molecule has 0 aliphatic rings. The lowest BCUT2D eigenvalue weighted by atomic mass is 10.0. The predicted molar refractivity (Wildman–Crippen MR) is 82.0 cm³/mol. The molecule has 2 aromatic carbocycles. The SMILES string of the molecule is Cc1nc2ccc(CC(=O)c3ccc([N+](=O)[O-])cc3)cc2[nH]1. The lowest BCUT2D eigenvalue weighted by Crippen LogP contribution is -2.03. The molecule has 0 saturated carbocycles. The van der Waals surface area contributed by atoms with Crippen molar-refractivity contribution >= 4 is 22.5 Å². The number of aryl methyl sites for hydroxylation is 1. The Bertz CT molecular complexity index is 866. The summed E-state index contributed by atoms with van der Waals surface area (Å²) in [5.41, 5.74) is 3.08. The summed E-state index contributed by atoms with van der Waals surface area (Å²) in [7, 11) is 0. The van der Waals surface area contributed by atoms with Crippen LogP contribution in [0.2, 0.25) is 0 Å². The Kier molecular flexibility index (Phi) is 3.42. The molecule has 0 aliphatic heterocycles. The molecule has 3 aromatic rings. The van der Waals surface area contributed by atoms with Crippen LogP contribution in [0, 0.1) is 17.0 Å². The Hall–Kier alpha value is -3.02. The van der Waals surface area contributed by atoms with Crippen LogP contribution in [-0.2, 0) is 6.42 Å². The van der Waals surface area contributed by atoms with Crippen LogP contribution >= 0.6 is 0 Å². The van der Waals surface area contributed by atoms with Crippen molar-refractivity contribution in [1.82, 2.24) is 9.97 Å². The molecule has 0 saturated heterocycles. The number of H-pyrrole nitrogens is 1. The van der Waals surface area contributed by atoms with Gasteiger partial charge in [-0.1, -0.05) is 6.07 Å². The van der Waals surface area contributed by atoms with Gasteiger partial charge in [0, 0.05) is 24.1 Å². The first-order valence-corrected chi connectivity index (χ1v) is 6.76. The van der Waals surface area contributed by atoms with Crippen molar-refractivity contribution < 1.29 is 9.72 Å². The van der Waals surface area contributed by atoms with Crippen LogP contribution in [0.25, 0.3) is 11.0 Å². The molecule has 0 unspecified atom stereocenters. The van der Waals surface area contributed by atoms with Gasteiger partial charge in [-0.05, 0) is 36.8 Å². The number of Topliss-reactive ketones (excluding diaryl/α,β-unsaturated/α-hetero) is 1. The number of benzene rings is 2. The highest BCUT2D eigenvalue weighted by Crippen LogP contribution is 2.17. The molecule has 22 heavy (non-hydrogen) atoms. The van der Waals surface area contributed by atoms with Crippen molar-refractivity contribution in [2.75, 3.05) is 0 Å². The van der Waals surface area contributed by atoms with E-state index in [9.17, 15) is 14.9 Å². The van der Waals surface area contributed by atoms with Crippen LogP contribution in [0.4, 0.5) is 5.69 Å². The summed E-state index contributed by atoms with van der Waals surface area (Å²) in [5.74, 6) is 0.749. The maximum atomic E-state index is 12.2. The van der Waals surface area contributed by atoms with Gasteiger partial charge in [-0.15, -0.1) is 0 Å². The average molecular weight is 295 g/mol. The second kappa shape index (κ2) is 5.40. The summed E-state index contributed by atoms with van der Waals surface area (Å²) in [6.45, 7) is 1.88. The molecule has 0 bridgehead atoms. The number of nitrogens with one attached hydrogen (secondary N) is 1. The van der Waals surface area contributed by atoms with Gasteiger partial charge in [0.2, 0.25) is 0 Å². The normalized spacial score (nSPS) is 10.8. The third-order valence-corrected chi connectivity index (χ3v) is 3.43. The first-order chi connectivity index (χ1) is 10.5. The quantitative estimate of drug-likeness (QED) is 0.454. The summed E-state index contributed by atoms with van der Waals surface area (Å²) in [4.78, 5) is 29.8. The van der Waals surface area contributed by atoms with Crippen LogP contribution < -0.4 is 0 Å². The maximum Gasteiger partial charge on any atom is 0.269 e. The Morgan fingerprint density at radius 2 is 1.95 bits per heavy atom. The van der Waals surface area contributed by atoms with Gasteiger partial charge in [0.05, 0.1) is 16.0 Å². The Morgan fingerprint density at radius 1 is 1.23 bits per heavy atom. The van der Waals surface area contributed by atoms with Gasteiger partial charge < -0.3 is 4.98 Å². The second-order valence-corrected chi connectivity index (χ2v) is 5.08. The van der Waals surface area contributed by atoms with Gasteiger partial charge in [0.15, 0.2) is 5.78 Å². The van der Waals surface area contributed by atoms with Gasteiger partial charge in [0.1, 0.15) is 5.82 Å². The molecule has 110 valence electrons. The molecule has 3 rings (SSSR count). The summed E-state index contributed by atoms with van der Waals surface area (Å²) < 4.78 is 0. The van der Waals surface area contributed by atoms with Crippen LogP contribution in [0.1, 0.15) is 21.7 Å². The number of fused-ring (bicyclic) bond motifs is 1. The second-order valence-electron chi connectivity index (χ2n) is 5.08. The molecule has 0 atom stereocenters. The van der Waals surface area contributed by atoms with Crippen molar-refractivity contribution in [1.29, 1.82) is 0 Å². The summed E-state index contributed by atoms with van der Waals surface area (Å²) >= 11 is 0. The minimum Gasteiger partial charge on any atom is -0.342 e. The van der Waals surface area contributed by atoms with Crippen molar-refractivity contribution in [2.45, 2.75) is 13.3 Å². The highest BCUT2D eigenvalue weighted by Gasteiger charge is 2.11. The molecular weight excluding hydrogens is 282 g/mol. The van der Waals surface area contributed by atoms with Crippen molar-refractivity contribution in [3.8, 4) is 0 Å². The predicted octanol–water partition coefficient (Wildman–Crippen LogP) is 3.20. The number of aromatic amines is 1. The van der Waals surface area contributed by atoms with Gasteiger partial charge >= 0.3 is 0 Å². The molecule has 1 heterocycles. The van der Waals surface area contributed by atoms with E-state index >= 15 is 0 Å². The largest absolute Gasteiger partial charge is 0.342 e. The topological polar surface area (TPSA) is 88.9 Å². The molecule has 1 aromatic heterocycles. The number of hydrogen-bond acceptors (Lipinski definition) is 4. The maximum absolute atomic E-state index is 12.2. The van der Waals surface area contributed by atoms with E-state index < -0.39 is 4.92 Å². The average Bonchev–Trinajstić information content (AvgIpc) is 2.86. The molecule has 6 nitrogen and oxygen atoms in total. The summed E-state index contributed by atoms with van der Waals surface area (Å²) in [5, 5.41) is 10.6. The van der Waals surface area contributed by atoms with Crippen LogP contribution in [0.5, 0.6) is 0 Å². The van der Waals surface area contributed by atoms with Gasteiger partial charge in [-0.25, -0.2) is 4.98 Å². The molecule has 1 N–H and O–H groups in total. The van der Waals surface area contributed by atoms with Crippen LogP contribution in [0.15, 0.2) is 42.5 Å². The van der Waals surface area contributed by atoms with Crippen molar-refractivity contribution in [3.05, 3.63) is 69.5 Å². The molecule has 0 radical (unpaired) electrons. The zero-order valence-electron chi connectivity index (χ0n) is 11.9. The van der Waals surface area contributed by atoms with Gasteiger partial charge in [0.25, 0.3) is 5.69 Å². The fraction of sp³-hybridized carbons (Fsp3) is 0.125. The number of ketones is 1. The number of carbonyl (C=O) groups is 1.